The third-order valence-corrected chi connectivity index (χ3v) is 5.65. The average molecular weight is 489 g/mol. The fraction of sp³-hybridized carbons (Fsp3) is 0.273. The van der Waals surface area contributed by atoms with Crippen LogP contribution in [0, 0.1) is 0 Å². The van der Waals surface area contributed by atoms with Crippen molar-refractivity contribution < 1.29 is 23.4 Å². The van der Waals surface area contributed by atoms with Crippen molar-refractivity contribution in [2.24, 2.45) is 0 Å². The number of alkyl halides is 2. The lowest BCUT2D eigenvalue weighted by Gasteiger charge is -2.13. The number of aliphatic hydroxyl groups is 1. The van der Waals surface area contributed by atoms with Crippen LogP contribution in [0.25, 0.3) is 16.9 Å². The van der Waals surface area contributed by atoms with Crippen molar-refractivity contribution in [2.45, 2.75) is 37.1 Å². The van der Waals surface area contributed by atoms with Gasteiger partial charge >= 0.3 is 6.61 Å². The monoisotopic (exact) mass is 488 g/mol. The minimum atomic E-state index is -3.04. The van der Waals surface area contributed by atoms with Crippen LogP contribution < -0.4 is 10.1 Å². The Bertz CT molecular complexity index is 1310. The van der Waals surface area contributed by atoms with Crippen molar-refractivity contribution in [1.29, 1.82) is 0 Å². The second-order valence-electron chi connectivity index (χ2n) is 7.48. The molecule has 0 aliphatic carbocycles. The molecule has 0 radical (unpaired) electrons. The Labute approximate surface area is 197 Å². The maximum atomic E-state index is 13.1. The van der Waals surface area contributed by atoms with Crippen LogP contribution in [0.1, 0.15) is 24.2 Å². The lowest BCUT2D eigenvalue weighted by atomic mass is 10.1. The number of amides is 1. The summed E-state index contributed by atoms with van der Waals surface area (Å²) in [6, 6.07) is 6.53. The van der Waals surface area contributed by atoms with E-state index in [1.54, 1.807) is 42.4 Å². The van der Waals surface area contributed by atoms with Crippen LogP contribution in [-0.2, 0) is 6.54 Å². The number of halogens is 2. The van der Waals surface area contributed by atoms with E-state index in [1.807, 2.05) is 13.8 Å². The Balaban J connectivity index is 1.77. The zero-order valence-electron chi connectivity index (χ0n) is 18.4. The third kappa shape index (κ3) is 5.18. The van der Waals surface area contributed by atoms with E-state index >= 15 is 0 Å². The van der Waals surface area contributed by atoms with Gasteiger partial charge in [-0.05, 0) is 24.3 Å². The molecule has 4 rings (SSSR count). The van der Waals surface area contributed by atoms with Crippen molar-refractivity contribution in [1.82, 2.24) is 24.4 Å². The second kappa shape index (κ2) is 10.2. The fourth-order valence-electron chi connectivity index (χ4n) is 3.34. The first-order valence-electron chi connectivity index (χ1n) is 10.4. The van der Waals surface area contributed by atoms with Gasteiger partial charge in [-0.2, -0.15) is 19.0 Å². The van der Waals surface area contributed by atoms with Crippen molar-refractivity contribution in [3.05, 3.63) is 54.6 Å². The Kier molecular flexibility index (Phi) is 7.08. The largest absolute Gasteiger partial charge is 0.434 e. The fourth-order valence-corrected chi connectivity index (χ4v) is 4.22. The van der Waals surface area contributed by atoms with Gasteiger partial charge in [-0.3, -0.25) is 9.48 Å². The lowest BCUT2D eigenvalue weighted by molar-refractivity contribution is -0.0494. The normalized spacial score (nSPS) is 11.5. The van der Waals surface area contributed by atoms with Crippen LogP contribution in [0.3, 0.4) is 0 Å². The number of fused-ring (bicyclic) bond motifs is 1. The number of aliphatic hydroxyl groups excluding tert-OH is 1. The van der Waals surface area contributed by atoms with E-state index in [2.05, 4.69) is 20.5 Å². The SMILES string of the molecule is CC(C)Sc1ccc(OC(F)F)c(-c2nn(CCO)cc2NC(=O)c2cnn3cccnc23)c1. The molecule has 4 aromatic rings. The quantitative estimate of drug-likeness (QED) is 0.344. The molecular weight excluding hydrogens is 466 g/mol. The van der Waals surface area contributed by atoms with E-state index in [0.29, 0.717) is 5.65 Å². The van der Waals surface area contributed by atoms with Gasteiger partial charge in [0.05, 0.1) is 25.0 Å². The molecule has 0 saturated heterocycles. The number of hydrogen-bond donors (Lipinski definition) is 2. The van der Waals surface area contributed by atoms with Gasteiger partial charge in [0, 0.05) is 34.3 Å². The topological polar surface area (TPSA) is 107 Å². The molecule has 34 heavy (non-hydrogen) atoms. The van der Waals surface area contributed by atoms with Crippen LogP contribution in [0.4, 0.5) is 14.5 Å². The smallest absolute Gasteiger partial charge is 0.387 e. The van der Waals surface area contributed by atoms with Gasteiger partial charge in [0.15, 0.2) is 5.65 Å². The summed E-state index contributed by atoms with van der Waals surface area (Å²) in [5.74, 6) is -0.576. The average Bonchev–Trinajstić information content (AvgIpc) is 3.38. The number of ether oxygens (including phenoxy) is 1. The molecule has 178 valence electrons. The summed E-state index contributed by atoms with van der Waals surface area (Å²) in [6.07, 6.45) is 6.12. The summed E-state index contributed by atoms with van der Waals surface area (Å²) in [5.41, 5.74) is 1.37. The molecule has 0 aliphatic heterocycles. The van der Waals surface area contributed by atoms with Crippen molar-refractivity contribution in [3.8, 4) is 17.0 Å². The number of hydrogen-bond acceptors (Lipinski definition) is 7. The van der Waals surface area contributed by atoms with Gasteiger partial charge in [0.1, 0.15) is 17.0 Å². The van der Waals surface area contributed by atoms with E-state index in [4.69, 9.17) is 4.74 Å². The highest BCUT2D eigenvalue weighted by Crippen LogP contribution is 2.38. The van der Waals surface area contributed by atoms with Crippen LogP contribution in [0.15, 0.2) is 53.9 Å². The number of benzene rings is 1. The third-order valence-electron chi connectivity index (χ3n) is 4.66. The van der Waals surface area contributed by atoms with E-state index < -0.39 is 12.5 Å². The van der Waals surface area contributed by atoms with Crippen molar-refractivity contribution in [2.75, 3.05) is 11.9 Å². The predicted molar refractivity (Wildman–Crippen MR) is 123 cm³/mol. The van der Waals surface area contributed by atoms with Gasteiger partial charge in [-0.1, -0.05) is 13.8 Å². The molecule has 1 aromatic carbocycles. The second-order valence-corrected chi connectivity index (χ2v) is 9.13. The van der Waals surface area contributed by atoms with E-state index in [0.717, 1.165) is 4.90 Å². The van der Waals surface area contributed by atoms with E-state index in [-0.39, 0.29) is 46.7 Å². The first-order valence-corrected chi connectivity index (χ1v) is 11.3. The summed E-state index contributed by atoms with van der Waals surface area (Å²) in [5, 5.41) is 20.9. The molecule has 0 aliphatic rings. The minimum absolute atomic E-state index is 0.0782. The first-order chi connectivity index (χ1) is 16.4. The molecule has 1 amide bonds. The molecule has 0 saturated carbocycles. The molecule has 0 bridgehead atoms. The van der Waals surface area contributed by atoms with Gasteiger partial charge in [-0.25, -0.2) is 9.50 Å². The number of rotatable bonds is 9. The Morgan fingerprint density at radius 3 is 2.88 bits per heavy atom. The highest BCUT2D eigenvalue weighted by atomic mass is 32.2. The number of nitrogens with one attached hydrogen (secondary N) is 1. The van der Waals surface area contributed by atoms with Crippen LogP contribution in [0.5, 0.6) is 5.75 Å². The summed E-state index contributed by atoms with van der Waals surface area (Å²) < 4.78 is 33.9. The lowest BCUT2D eigenvalue weighted by Crippen LogP contribution is -2.12. The van der Waals surface area contributed by atoms with Gasteiger partial charge in [0.25, 0.3) is 5.91 Å². The molecule has 3 aromatic heterocycles. The number of thioether (sulfide) groups is 1. The standard InChI is InChI=1S/C22H22F2N6O3S/c1-13(2)34-14-4-5-18(33-22(23)24)15(10-14)19-17(12-29(28-19)8-9-31)27-21(32)16-11-26-30-7-3-6-25-20(16)30/h3-7,10-13,22,31H,8-9H2,1-2H3,(H,27,32). The zero-order chi connectivity index (χ0) is 24.2. The van der Waals surface area contributed by atoms with Gasteiger partial charge in [0.2, 0.25) is 0 Å². The van der Waals surface area contributed by atoms with Gasteiger partial charge < -0.3 is 15.2 Å². The summed E-state index contributed by atoms with van der Waals surface area (Å²) in [7, 11) is 0. The number of anilines is 1. The molecule has 0 atom stereocenters. The van der Waals surface area contributed by atoms with Gasteiger partial charge in [-0.15, -0.1) is 11.8 Å². The molecule has 2 N–H and O–H groups in total. The van der Waals surface area contributed by atoms with Crippen LogP contribution in [-0.4, -0.2) is 53.9 Å². The molecule has 0 unspecified atom stereocenters. The predicted octanol–water partition coefficient (Wildman–Crippen LogP) is 3.94. The molecule has 0 spiro atoms. The van der Waals surface area contributed by atoms with E-state index in [1.165, 1.54) is 27.7 Å². The highest BCUT2D eigenvalue weighted by Gasteiger charge is 2.22. The van der Waals surface area contributed by atoms with Crippen molar-refractivity contribution in [3.63, 3.8) is 0 Å². The Morgan fingerprint density at radius 2 is 2.15 bits per heavy atom. The number of aromatic nitrogens is 5. The molecular formula is C22H22F2N6O3S. The molecule has 3 heterocycles. The molecule has 12 heteroatoms. The van der Waals surface area contributed by atoms with Crippen LogP contribution in [0.2, 0.25) is 0 Å². The Hall–Kier alpha value is -3.51. The Morgan fingerprint density at radius 1 is 1.32 bits per heavy atom. The number of nitrogens with zero attached hydrogens (tertiary/aromatic N) is 5. The summed E-state index contributed by atoms with van der Waals surface area (Å²) >= 11 is 1.55. The molecule has 0 fully saturated rings. The first kappa shape index (κ1) is 23.6. The zero-order valence-corrected chi connectivity index (χ0v) is 19.2. The minimum Gasteiger partial charge on any atom is -0.434 e. The maximum Gasteiger partial charge on any atom is 0.387 e. The van der Waals surface area contributed by atoms with Crippen molar-refractivity contribution >= 4 is 29.0 Å². The number of carbonyl (C=O) groups is 1. The molecule has 9 nitrogen and oxygen atoms in total. The summed E-state index contributed by atoms with van der Waals surface area (Å²) in [6.45, 7) is 0.937. The maximum absolute atomic E-state index is 13.1. The summed E-state index contributed by atoms with van der Waals surface area (Å²) in [4.78, 5) is 18.1. The van der Waals surface area contributed by atoms with Crippen LogP contribution >= 0.6 is 11.8 Å². The highest BCUT2D eigenvalue weighted by molar-refractivity contribution is 7.99. The van der Waals surface area contributed by atoms with E-state index in [9.17, 15) is 18.7 Å². The number of carbonyl (C=O) groups excluding carboxylic acids is 1.